The SMILES string of the molecule is O=C(CCN1CCN(S(=O)(=O)c2c(F)cccc2F)CC1)Nc1ccc(F)c(F)c1. The number of nitrogens with one attached hydrogen (secondary N) is 1. The first kappa shape index (κ1) is 22.2. The minimum atomic E-state index is -4.32. The zero-order valence-electron chi connectivity index (χ0n) is 15.7. The number of anilines is 1. The predicted molar refractivity (Wildman–Crippen MR) is 101 cm³/mol. The Bertz CT molecular complexity index is 1020. The van der Waals surface area contributed by atoms with E-state index in [2.05, 4.69) is 5.32 Å². The Morgan fingerprint density at radius 1 is 0.900 bits per heavy atom. The molecular formula is C19H19F4N3O3S. The molecule has 30 heavy (non-hydrogen) atoms. The number of piperazine rings is 1. The number of nitrogens with zero attached hydrogens (tertiary/aromatic N) is 2. The second-order valence-corrected chi connectivity index (χ2v) is 8.60. The molecule has 0 saturated carbocycles. The van der Waals surface area contributed by atoms with E-state index in [-0.39, 0.29) is 38.3 Å². The second kappa shape index (κ2) is 9.11. The maximum Gasteiger partial charge on any atom is 0.249 e. The fraction of sp³-hybridized carbons (Fsp3) is 0.316. The molecule has 2 aromatic rings. The topological polar surface area (TPSA) is 69.7 Å². The van der Waals surface area contributed by atoms with E-state index < -0.39 is 44.1 Å². The van der Waals surface area contributed by atoms with Crippen LogP contribution in [0, 0.1) is 23.3 Å². The molecule has 1 aliphatic rings. The van der Waals surface area contributed by atoms with Crippen molar-refractivity contribution in [2.45, 2.75) is 11.3 Å². The molecule has 0 aliphatic carbocycles. The number of hydrogen-bond donors (Lipinski definition) is 1. The van der Waals surface area contributed by atoms with Crippen molar-refractivity contribution in [1.82, 2.24) is 9.21 Å². The van der Waals surface area contributed by atoms with E-state index in [1.807, 2.05) is 4.90 Å². The van der Waals surface area contributed by atoms with Gasteiger partial charge in [-0.1, -0.05) is 6.07 Å². The Morgan fingerprint density at radius 2 is 1.53 bits per heavy atom. The first-order valence-corrected chi connectivity index (χ1v) is 10.5. The lowest BCUT2D eigenvalue weighted by Gasteiger charge is -2.33. The van der Waals surface area contributed by atoms with Crippen molar-refractivity contribution in [3.8, 4) is 0 Å². The van der Waals surface area contributed by atoms with Gasteiger partial charge in [-0.2, -0.15) is 4.31 Å². The predicted octanol–water partition coefficient (Wildman–Crippen LogP) is 2.58. The summed E-state index contributed by atoms with van der Waals surface area (Å²) in [6, 6.07) is 5.88. The number of halogens is 4. The summed E-state index contributed by atoms with van der Waals surface area (Å²) in [5.74, 6) is -4.80. The van der Waals surface area contributed by atoms with Crippen LogP contribution in [0.5, 0.6) is 0 Å². The van der Waals surface area contributed by atoms with Gasteiger partial charge in [0.15, 0.2) is 16.5 Å². The van der Waals surface area contributed by atoms with Gasteiger partial charge in [-0.05, 0) is 24.3 Å². The van der Waals surface area contributed by atoms with Crippen LogP contribution < -0.4 is 5.32 Å². The van der Waals surface area contributed by atoms with Gasteiger partial charge in [0.2, 0.25) is 15.9 Å². The fourth-order valence-electron chi connectivity index (χ4n) is 3.11. The number of benzene rings is 2. The molecule has 2 aromatic carbocycles. The van der Waals surface area contributed by atoms with Crippen LogP contribution in [0.3, 0.4) is 0 Å². The van der Waals surface area contributed by atoms with E-state index >= 15 is 0 Å². The van der Waals surface area contributed by atoms with E-state index in [9.17, 15) is 30.8 Å². The third kappa shape index (κ3) is 4.97. The van der Waals surface area contributed by atoms with Gasteiger partial charge in [0.25, 0.3) is 0 Å². The van der Waals surface area contributed by atoms with Gasteiger partial charge in [-0.15, -0.1) is 0 Å². The average Bonchev–Trinajstić information content (AvgIpc) is 2.69. The molecule has 11 heteroatoms. The number of rotatable bonds is 6. The van der Waals surface area contributed by atoms with Gasteiger partial charge in [-0.25, -0.2) is 26.0 Å². The summed E-state index contributed by atoms with van der Waals surface area (Å²) in [5.41, 5.74) is 0.127. The minimum Gasteiger partial charge on any atom is -0.326 e. The summed E-state index contributed by atoms with van der Waals surface area (Å²) in [7, 11) is -4.32. The number of amides is 1. The molecule has 1 fully saturated rings. The molecule has 0 atom stereocenters. The van der Waals surface area contributed by atoms with Crippen molar-refractivity contribution in [3.05, 3.63) is 59.7 Å². The lowest BCUT2D eigenvalue weighted by Crippen LogP contribution is -2.49. The van der Waals surface area contributed by atoms with Crippen LogP contribution in [0.15, 0.2) is 41.3 Å². The molecular weight excluding hydrogens is 426 g/mol. The summed E-state index contributed by atoms with van der Waals surface area (Å²) in [6.45, 7) is 0.876. The molecule has 0 aromatic heterocycles. The highest BCUT2D eigenvalue weighted by Gasteiger charge is 2.33. The normalized spacial score (nSPS) is 15.9. The highest BCUT2D eigenvalue weighted by molar-refractivity contribution is 7.89. The molecule has 1 amide bonds. The molecule has 0 unspecified atom stereocenters. The maximum absolute atomic E-state index is 13.9. The molecule has 1 N–H and O–H groups in total. The molecule has 1 aliphatic heterocycles. The van der Waals surface area contributed by atoms with Crippen LogP contribution in [0.2, 0.25) is 0 Å². The van der Waals surface area contributed by atoms with E-state index in [4.69, 9.17) is 0 Å². The molecule has 0 radical (unpaired) electrons. The number of hydrogen-bond acceptors (Lipinski definition) is 4. The lowest BCUT2D eigenvalue weighted by molar-refractivity contribution is -0.116. The number of sulfonamides is 1. The summed E-state index contributed by atoms with van der Waals surface area (Å²) in [5, 5.41) is 2.45. The van der Waals surface area contributed by atoms with E-state index in [1.54, 1.807) is 0 Å². The van der Waals surface area contributed by atoms with Crippen LogP contribution in [-0.2, 0) is 14.8 Å². The first-order valence-electron chi connectivity index (χ1n) is 9.10. The Balaban J connectivity index is 1.52. The largest absolute Gasteiger partial charge is 0.326 e. The minimum absolute atomic E-state index is 0.0148. The number of carbonyl (C=O) groups excluding carboxylic acids is 1. The molecule has 162 valence electrons. The molecule has 0 bridgehead atoms. The van der Waals surface area contributed by atoms with Crippen LogP contribution in [0.25, 0.3) is 0 Å². The van der Waals surface area contributed by atoms with Crippen molar-refractivity contribution in [3.63, 3.8) is 0 Å². The lowest BCUT2D eigenvalue weighted by atomic mass is 10.2. The van der Waals surface area contributed by atoms with Crippen LogP contribution in [0.1, 0.15) is 6.42 Å². The first-order chi connectivity index (χ1) is 14.2. The van der Waals surface area contributed by atoms with E-state index in [0.717, 1.165) is 34.6 Å². The van der Waals surface area contributed by atoms with Crippen LogP contribution in [-0.4, -0.2) is 56.3 Å². The molecule has 1 heterocycles. The van der Waals surface area contributed by atoms with Gasteiger partial charge in [0.1, 0.15) is 11.6 Å². The van der Waals surface area contributed by atoms with E-state index in [1.165, 1.54) is 6.07 Å². The quantitative estimate of drug-likeness (QED) is 0.694. The standard InChI is InChI=1S/C19H19F4N3O3S/c20-14-5-4-13(12-17(14)23)24-18(27)6-7-25-8-10-26(11-9-25)30(28,29)19-15(21)2-1-3-16(19)22/h1-5,12H,6-11H2,(H,24,27). The Hall–Kier alpha value is -2.50. The van der Waals surface area contributed by atoms with E-state index in [0.29, 0.717) is 6.54 Å². The smallest absolute Gasteiger partial charge is 0.249 e. The van der Waals surface area contributed by atoms with Crippen molar-refractivity contribution in [2.75, 3.05) is 38.0 Å². The third-order valence-electron chi connectivity index (χ3n) is 4.71. The van der Waals surface area contributed by atoms with Gasteiger partial charge < -0.3 is 10.2 Å². The fourth-order valence-corrected chi connectivity index (χ4v) is 4.64. The molecule has 3 rings (SSSR count). The average molecular weight is 445 g/mol. The van der Waals surface area contributed by atoms with Gasteiger partial charge >= 0.3 is 0 Å². The molecule has 0 spiro atoms. The maximum atomic E-state index is 13.9. The van der Waals surface area contributed by atoms with Crippen molar-refractivity contribution in [2.24, 2.45) is 0 Å². The van der Waals surface area contributed by atoms with Crippen LogP contribution in [0.4, 0.5) is 23.2 Å². The second-order valence-electron chi connectivity index (χ2n) is 6.72. The highest BCUT2D eigenvalue weighted by Crippen LogP contribution is 2.23. The molecule has 6 nitrogen and oxygen atoms in total. The molecule has 1 saturated heterocycles. The zero-order valence-corrected chi connectivity index (χ0v) is 16.6. The number of carbonyl (C=O) groups is 1. The summed E-state index contributed by atoms with van der Waals surface area (Å²) < 4.78 is 80.0. The Labute approximate surface area is 171 Å². The van der Waals surface area contributed by atoms with Gasteiger partial charge in [0, 0.05) is 50.9 Å². The Morgan fingerprint density at radius 3 is 2.13 bits per heavy atom. The van der Waals surface area contributed by atoms with Crippen molar-refractivity contribution < 1.29 is 30.8 Å². The summed E-state index contributed by atoms with van der Waals surface area (Å²) in [4.78, 5) is 12.9. The summed E-state index contributed by atoms with van der Waals surface area (Å²) in [6.07, 6.45) is 0.0493. The Kier molecular flexibility index (Phi) is 6.74. The van der Waals surface area contributed by atoms with Gasteiger partial charge in [0.05, 0.1) is 0 Å². The van der Waals surface area contributed by atoms with Gasteiger partial charge in [-0.3, -0.25) is 4.79 Å². The zero-order chi connectivity index (χ0) is 21.9. The third-order valence-corrected chi connectivity index (χ3v) is 6.66. The monoisotopic (exact) mass is 445 g/mol. The van der Waals surface area contributed by atoms with Crippen molar-refractivity contribution >= 4 is 21.6 Å². The summed E-state index contributed by atoms with van der Waals surface area (Å²) >= 11 is 0. The highest BCUT2D eigenvalue weighted by atomic mass is 32.2. The van der Waals surface area contributed by atoms with Crippen LogP contribution >= 0.6 is 0 Å². The van der Waals surface area contributed by atoms with Crippen molar-refractivity contribution in [1.29, 1.82) is 0 Å².